The highest BCUT2D eigenvalue weighted by molar-refractivity contribution is 6.35. The fourth-order valence-corrected chi connectivity index (χ4v) is 5.70. The molecule has 0 saturated carbocycles. The van der Waals surface area contributed by atoms with Crippen LogP contribution in [0.3, 0.4) is 0 Å². The molecule has 1 amide bonds. The molecule has 190 valence electrons. The molecule has 2 heterocycles. The smallest absolute Gasteiger partial charge is 0.239 e. The van der Waals surface area contributed by atoms with Gasteiger partial charge >= 0.3 is 0 Å². The number of anilines is 2. The Morgan fingerprint density at radius 3 is 2.70 bits per heavy atom. The van der Waals surface area contributed by atoms with Gasteiger partial charge in [0.2, 0.25) is 5.91 Å². The van der Waals surface area contributed by atoms with Crippen LogP contribution in [0.2, 0.25) is 10.0 Å². The standard InChI is InChI=1S/C29H28Cl2N4O2/c1-29(2)13-23-27(25(36)14-29)28(20-10-9-19(30)12-21(20)31)35(24-8-4-3-7-22(24)34-23)17-26(37)33-16-18-6-5-11-32-15-18/h3-12,15,28,34H,13-14,16-17H2,1-2H3,(H,33,37). The Morgan fingerprint density at radius 2 is 1.95 bits per heavy atom. The predicted molar refractivity (Wildman–Crippen MR) is 148 cm³/mol. The number of hydrogen-bond acceptors (Lipinski definition) is 5. The number of nitrogens with zero attached hydrogens (tertiary/aromatic N) is 2. The summed E-state index contributed by atoms with van der Waals surface area (Å²) in [4.78, 5) is 33.2. The van der Waals surface area contributed by atoms with Crippen molar-refractivity contribution in [1.29, 1.82) is 0 Å². The summed E-state index contributed by atoms with van der Waals surface area (Å²) in [6.07, 6.45) is 4.53. The topological polar surface area (TPSA) is 74.3 Å². The number of carbonyl (C=O) groups is 2. The quantitative estimate of drug-likeness (QED) is 0.400. The Labute approximate surface area is 226 Å². The summed E-state index contributed by atoms with van der Waals surface area (Å²) >= 11 is 13.0. The van der Waals surface area contributed by atoms with Gasteiger partial charge in [0.1, 0.15) is 0 Å². The SMILES string of the molecule is CC1(C)CC(=O)C2=C(C1)Nc1ccccc1N(CC(=O)NCc1cccnc1)C2c1ccc(Cl)cc1Cl. The first-order valence-corrected chi connectivity index (χ1v) is 13.0. The average molecular weight is 535 g/mol. The van der Waals surface area contributed by atoms with Gasteiger partial charge in [-0.1, -0.05) is 61.3 Å². The molecule has 2 N–H and O–H groups in total. The van der Waals surface area contributed by atoms with E-state index in [0.717, 1.165) is 28.2 Å². The molecule has 1 aliphatic carbocycles. The molecule has 0 radical (unpaired) electrons. The largest absolute Gasteiger partial charge is 0.357 e. The summed E-state index contributed by atoms with van der Waals surface area (Å²) in [5.74, 6) is -0.135. The third-order valence-electron chi connectivity index (χ3n) is 6.79. The average Bonchev–Trinajstić information content (AvgIpc) is 2.97. The minimum Gasteiger partial charge on any atom is -0.357 e. The van der Waals surface area contributed by atoms with Gasteiger partial charge in [-0.05, 0) is 53.3 Å². The molecule has 0 spiro atoms. The minimum absolute atomic E-state index is 0.0238. The molecule has 6 nitrogen and oxygen atoms in total. The van der Waals surface area contributed by atoms with Crippen molar-refractivity contribution in [2.24, 2.45) is 5.41 Å². The Kier molecular flexibility index (Phi) is 6.97. The van der Waals surface area contributed by atoms with Crippen molar-refractivity contribution in [3.05, 3.63) is 99.4 Å². The molecule has 1 unspecified atom stereocenters. The minimum atomic E-state index is -0.566. The number of ketones is 1. The van der Waals surface area contributed by atoms with Crippen molar-refractivity contribution in [3.8, 4) is 0 Å². The lowest BCUT2D eigenvalue weighted by Gasteiger charge is -2.38. The molecular formula is C29H28Cl2N4O2. The van der Waals surface area contributed by atoms with Crippen LogP contribution in [0.15, 0.2) is 78.3 Å². The molecule has 5 rings (SSSR count). The number of carbonyl (C=O) groups excluding carboxylic acids is 2. The summed E-state index contributed by atoms with van der Waals surface area (Å²) in [6, 6.07) is 16.3. The van der Waals surface area contributed by atoms with E-state index in [4.69, 9.17) is 23.2 Å². The third-order valence-corrected chi connectivity index (χ3v) is 7.35. The van der Waals surface area contributed by atoms with Crippen LogP contribution in [0, 0.1) is 5.41 Å². The van der Waals surface area contributed by atoms with Crippen LogP contribution in [-0.2, 0) is 16.1 Å². The van der Waals surface area contributed by atoms with Crippen LogP contribution in [0.25, 0.3) is 0 Å². The van der Waals surface area contributed by atoms with Gasteiger partial charge < -0.3 is 15.5 Å². The maximum Gasteiger partial charge on any atom is 0.239 e. The first-order chi connectivity index (χ1) is 17.7. The number of Topliss-reactive ketones (excluding diaryl/α,β-unsaturated/α-hetero) is 1. The van der Waals surface area contributed by atoms with Crippen LogP contribution < -0.4 is 15.5 Å². The van der Waals surface area contributed by atoms with Crippen LogP contribution in [-0.4, -0.2) is 23.2 Å². The molecule has 8 heteroatoms. The third kappa shape index (κ3) is 5.36. The maximum atomic E-state index is 13.8. The molecule has 1 aliphatic heterocycles. The lowest BCUT2D eigenvalue weighted by Crippen LogP contribution is -2.42. The van der Waals surface area contributed by atoms with Gasteiger partial charge in [0.15, 0.2) is 5.78 Å². The summed E-state index contributed by atoms with van der Waals surface area (Å²) in [5.41, 5.74) is 4.60. The molecule has 0 saturated heterocycles. The molecule has 2 aliphatic rings. The van der Waals surface area contributed by atoms with Crippen molar-refractivity contribution in [1.82, 2.24) is 10.3 Å². The van der Waals surface area contributed by atoms with E-state index in [1.807, 2.05) is 47.4 Å². The van der Waals surface area contributed by atoms with Crippen molar-refractivity contribution < 1.29 is 9.59 Å². The van der Waals surface area contributed by atoms with Crippen molar-refractivity contribution in [3.63, 3.8) is 0 Å². The predicted octanol–water partition coefficient (Wildman–Crippen LogP) is 6.32. The number of hydrogen-bond donors (Lipinski definition) is 2. The number of amides is 1. The fourth-order valence-electron chi connectivity index (χ4n) is 5.19. The first kappa shape index (κ1) is 25.3. The number of aromatic nitrogens is 1. The molecule has 0 bridgehead atoms. The monoisotopic (exact) mass is 534 g/mol. The Bertz CT molecular complexity index is 1390. The van der Waals surface area contributed by atoms with Crippen molar-refractivity contribution in [2.75, 3.05) is 16.8 Å². The van der Waals surface area contributed by atoms with Gasteiger partial charge in [-0.25, -0.2) is 0 Å². The number of benzene rings is 2. The van der Waals surface area contributed by atoms with Gasteiger partial charge in [0, 0.05) is 46.7 Å². The van der Waals surface area contributed by atoms with E-state index in [0.29, 0.717) is 35.0 Å². The van der Waals surface area contributed by atoms with E-state index in [1.54, 1.807) is 24.5 Å². The summed E-state index contributed by atoms with van der Waals surface area (Å²) < 4.78 is 0. The zero-order chi connectivity index (χ0) is 26.2. The van der Waals surface area contributed by atoms with Crippen molar-refractivity contribution in [2.45, 2.75) is 39.3 Å². The van der Waals surface area contributed by atoms with Gasteiger partial charge in [0.25, 0.3) is 0 Å². The lowest BCUT2D eigenvalue weighted by molar-refractivity contribution is -0.120. The number of fused-ring (bicyclic) bond motifs is 1. The van der Waals surface area contributed by atoms with Crippen LogP contribution in [0.4, 0.5) is 11.4 Å². The van der Waals surface area contributed by atoms with E-state index >= 15 is 0 Å². The molecule has 37 heavy (non-hydrogen) atoms. The summed E-state index contributed by atoms with van der Waals surface area (Å²) in [5, 5.41) is 7.49. The van der Waals surface area contributed by atoms with E-state index in [1.165, 1.54) is 0 Å². The number of rotatable bonds is 5. The highest BCUT2D eigenvalue weighted by Gasteiger charge is 2.42. The number of pyridine rings is 1. The van der Waals surface area contributed by atoms with Crippen molar-refractivity contribution >= 4 is 46.3 Å². The molecular weight excluding hydrogens is 507 g/mol. The fraction of sp³-hybridized carbons (Fsp3) is 0.276. The van der Waals surface area contributed by atoms with Crippen LogP contribution in [0.5, 0.6) is 0 Å². The second kappa shape index (κ2) is 10.2. The van der Waals surface area contributed by atoms with Crippen LogP contribution in [0.1, 0.15) is 43.9 Å². The van der Waals surface area contributed by atoms with Gasteiger partial charge in [0.05, 0.1) is 24.0 Å². The number of para-hydroxylation sites is 2. The lowest BCUT2D eigenvalue weighted by atomic mass is 9.73. The number of nitrogens with one attached hydrogen (secondary N) is 2. The zero-order valence-corrected chi connectivity index (χ0v) is 22.2. The second-order valence-electron chi connectivity index (χ2n) is 10.3. The second-order valence-corrected chi connectivity index (χ2v) is 11.2. The van der Waals surface area contributed by atoms with Gasteiger partial charge in [-0.15, -0.1) is 0 Å². The molecule has 0 fully saturated rings. The number of halogens is 2. The van der Waals surface area contributed by atoms with E-state index < -0.39 is 6.04 Å². The number of allylic oxidation sites excluding steroid dienone is 1. The summed E-state index contributed by atoms with van der Waals surface area (Å²) in [7, 11) is 0. The maximum absolute atomic E-state index is 13.8. The van der Waals surface area contributed by atoms with Crippen LogP contribution >= 0.6 is 23.2 Å². The van der Waals surface area contributed by atoms with E-state index in [9.17, 15) is 9.59 Å². The molecule has 2 aromatic carbocycles. The Balaban J connectivity index is 1.61. The molecule has 3 aromatic rings. The zero-order valence-electron chi connectivity index (χ0n) is 20.7. The molecule has 1 aromatic heterocycles. The normalized spacial score (nSPS) is 18.4. The van der Waals surface area contributed by atoms with Gasteiger partial charge in [-0.3, -0.25) is 14.6 Å². The summed E-state index contributed by atoms with van der Waals surface area (Å²) in [6.45, 7) is 4.58. The highest BCUT2D eigenvalue weighted by atomic mass is 35.5. The highest BCUT2D eigenvalue weighted by Crippen LogP contribution is 2.49. The first-order valence-electron chi connectivity index (χ1n) is 12.2. The van der Waals surface area contributed by atoms with Gasteiger partial charge in [-0.2, -0.15) is 0 Å². The van der Waals surface area contributed by atoms with E-state index in [-0.39, 0.29) is 23.7 Å². The Hall–Kier alpha value is -3.35. The van der Waals surface area contributed by atoms with E-state index in [2.05, 4.69) is 29.5 Å². The Morgan fingerprint density at radius 1 is 1.14 bits per heavy atom. The molecule has 1 atom stereocenters.